The first kappa shape index (κ1) is 32.2. The zero-order valence-electron chi connectivity index (χ0n) is 26.8. The Bertz CT molecular complexity index is 1690. The molecule has 246 valence electrons. The van der Waals surface area contributed by atoms with Gasteiger partial charge < -0.3 is 25.8 Å². The minimum atomic E-state index is -3.56. The first-order chi connectivity index (χ1) is 22.0. The number of hydrogen-bond acceptors (Lipinski definition) is 10. The molecule has 1 unspecified atom stereocenters. The number of benzene rings is 2. The van der Waals surface area contributed by atoms with Crippen LogP contribution in [0.15, 0.2) is 70.7 Å². The Kier molecular flexibility index (Phi) is 9.22. The Morgan fingerprint density at radius 2 is 1.78 bits per heavy atom. The van der Waals surface area contributed by atoms with Gasteiger partial charge in [0.15, 0.2) is 15.7 Å². The van der Waals surface area contributed by atoms with Gasteiger partial charge in [-0.05, 0) is 64.1 Å². The number of carbonyl (C=O) groups excluding carboxylic acids is 1. The molecule has 0 aliphatic carbocycles. The summed E-state index contributed by atoms with van der Waals surface area (Å²) >= 11 is 0. The third-order valence-corrected chi connectivity index (χ3v) is 11.4. The summed E-state index contributed by atoms with van der Waals surface area (Å²) < 4.78 is 26.2. The number of aliphatic imine (C=N–C) groups is 1. The largest absolute Gasteiger partial charge is 0.357 e. The van der Waals surface area contributed by atoms with Gasteiger partial charge in [0.1, 0.15) is 5.69 Å². The Morgan fingerprint density at radius 3 is 2.52 bits per heavy atom. The number of amidine groups is 1. The second-order valence-corrected chi connectivity index (χ2v) is 15.3. The van der Waals surface area contributed by atoms with Crippen LogP contribution >= 0.6 is 0 Å². The number of fused-ring (bicyclic) bond motifs is 1. The number of anilines is 3. The maximum Gasteiger partial charge on any atom is 0.238 e. The number of rotatable bonds is 8. The van der Waals surface area contributed by atoms with Gasteiger partial charge in [0.05, 0.1) is 28.1 Å². The van der Waals surface area contributed by atoms with E-state index in [9.17, 15) is 13.2 Å². The lowest BCUT2D eigenvalue weighted by molar-refractivity contribution is -0.117. The molecule has 3 aliphatic heterocycles. The summed E-state index contributed by atoms with van der Waals surface area (Å²) in [6, 6.07) is 16.6. The molecule has 3 aromatic rings. The van der Waals surface area contributed by atoms with E-state index in [0.717, 1.165) is 52.1 Å². The second-order valence-electron chi connectivity index (χ2n) is 12.8. The molecule has 2 saturated heterocycles. The molecular weight excluding hydrogens is 602 g/mol. The van der Waals surface area contributed by atoms with Crippen LogP contribution in [0, 0.1) is 0 Å². The van der Waals surface area contributed by atoms with E-state index in [1.165, 1.54) is 0 Å². The van der Waals surface area contributed by atoms with Gasteiger partial charge in [-0.25, -0.2) is 13.4 Å². The van der Waals surface area contributed by atoms with E-state index in [4.69, 9.17) is 10.7 Å². The summed E-state index contributed by atoms with van der Waals surface area (Å²) in [5, 5.41) is 8.99. The Morgan fingerprint density at radius 1 is 1.04 bits per heavy atom. The van der Waals surface area contributed by atoms with Crippen molar-refractivity contribution in [1.29, 1.82) is 0 Å². The highest BCUT2D eigenvalue weighted by atomic mass is 32.2. The number of nitrogens with zero attached hydrogens (tertiary/aromatic N) is 4. The topological polar surface area (TPSA) is 151 Å². The Labute approximate surface area is 271 Å². The van der Waals surface area contributed by atoms with Crippen LogP contribution in [0.3, 0.4) is 0 Å². The lowest BCUT2D eigenvalue weighted by Gasteiger charge is -2.41. The molecule has 6 rings (SSSR count). The van der Waals surface area contributed by atoms with Crippen molar-refractivity contribution in [3.05, 3.63) is 72.1 Å². The number of piperidine rings is 1. The fraction of sp³-hybridized carbons (Fsp3) is 0.455. The summed E-state index contributed by atoms with van der Waals surface area (Å²) in [4.78, 5) is 28.5. The van der Waals surface area contributed by atoms with Crippen LogP contribution in [0.2, 0.25) is 0 Å². The van der Waals surface area contributed by atoms with Crippen LogP contribution < -0.4 is 21.7 Å². The molecule has 3 aliphatic rings. The van der Waals surface area contributed by atoms with Crippen LogP contribution in [0.5, 0.6) is 0 Å². The molecule has 2 aromatic carbocycles. The molecule has 0 saturated carbocycles. The fourth-order valence-corrected chi connectivity index (χ4v) is 7.63. The number of amides is 1. The highest BCUT2D eigenvalue weighted by Gasteiger charge is 2.35. The second kappa shape index (κ2) is 13.2. The number of piperazine rings is 1. The molecule has 1 atom stereocenters. The number of nitrogens with two attached hydrogens (primary N) is 1. The zero-order chi connectivity index (χ0) is 32.5. The van der Waals surface area contributed by atoms with E-state index in [-0.39, 0.29) is 10.8 Å². The molecule has 46 heavy (non-hydrogen) atoms. The molecule has 12 nitrogen and oxygen atoms in total. The summed E-state index contributed by atoms with van der Waals surface area (Å²) in [6.07, 6.45) is 3.93. The van der Waals surface area contributed by atoms with E-state index < -0.39 is 20.9 Å². The average molecular weight is 648 g/mol. The van der Waals surface area contributed by atoms with E-state index in [1.54, 1.807) is 44.3 Å². The highest BCUT2D eigenvalue weighted by molar-refractivity contribution is 7.92. The molecule has 0 radical (unpaired) electrons. The highest BCUT2D eigenvalue weighted by Crippen LogP contribution is 2.34. The molecule has 0 spiro atoms. The molecule has 6 N–H and O–H groups in total. The van der Waals surface area contributed by atoms with Crippen molar-refractivity contribution in [2.45, 2.75) is 48.7 Å². The number of carbonyl (C=O) groups is 1. The number of nitrogens with one attached hydrogen (secondary N) is 4. The van der Waals surface area contributed by atoms with Crippen LogP contribution in [0.25, 0.3) is 0 Å². The van der Waals surface area contributed by atoms with E-state index >= 15 is 0 Å². The van der Waals surface area contributed by atoms with Crippen molar-refractivity contribution in [2.24, 2.45) is 10.7 Å². The van der Waals surface area contributed by atoms with Crippen LogP contribution in [0.4, 0.5) is 17.1 Å². The summed E-state index contributed by atoms with van der Waals surface area (Å²) in [5.74, 6) is -1.07. The monoisotopic (exact) mass is 647 g/mol. The van der Waals surface area contributed by atoms with Crippen LogP contribution in [0.1, 0.15) is 37.9 Å². The number of para-hydroxylation sites is 1. The number of hydrogen-bond donors (Lipinski definition) is 5. The Hall–Kier alpha value is -3.75. The first-order valence-electron chi connectivity index (χ1n) is 16.0. The van der Waals surface area contributed by atoms with Crippen LogP contribution in [-0.4, -0.2) is 104 Å². The number of likely N-dealkylation sites (tertiary alicyclic amines) is 1. The van der Waals surface area contributed by atoms with Gasteiger partial charge in [0, 0.05) is 62.8 Å². The first-order valence-corrected chi connectivity index (χ1v) is 17.6. The summed E-state index contributed by atoms with van der Waals surface area (Å²) in [6.45, 7) is 9.95. The van der Waals surface area contributed by atoms with Gasteiger partial charge in [0.25, 0.3) is 0 Å². The summed E-state index contributed by atoms with van der Waals surface area (Å²) in [7, 11) is -1.38. The lowest BCUT2D eigenvalue weighted by Crippen LogP contribution is -2.52. The average Bonchev–Trinajstić information content (AvgIpc) is 3.51. The predicted octanol–water partition coefficient (Wildman–Crippen LogP) is 2.90. The van der Waals surface area contributed by atoms with E-state index in [0.29, 0.717) is 46.7 Å². The third kappa shape index (κ3) is 6.83. The SMILES string of the molecule is CC(C)S(=O)(=O)c1ccccc1NC1=NC(N)(c2cccc(NC(=O)CN3CCC(N4CCN(C)CC4)CC3)c2)Nc2cc[nH]c21. The fourth-order valence-electron chi connectivity index (χ4n) is 6.43. The number of aromatic nitrogens is 1. The molecule has 1 aromatic heterocycles. The molecule has 4 heterocycles. The normalized spacial score (nSPS) is 21.8. The minimum Gasteiger partial charge on any atom is -0.357 e. The quantitative estimate of drug-likeness (QED) is 0.249. The zero-order valence-corrected chi connectivity index (χ0v) is 27.6. The number of likely N-dealkylation sites (N-methyl/N-ethyl adjacent to an activating group) is 1. The van der Waals surface area contributed by atoms with Crippen molar-refractivity contribution in [1.82, 2.24) is 19.7 Å². The van der Waals surface area contributed by atoms with Gasteiger partial charge >= 0.3 is 0 Å². The van der Waals surface area contributed by atoms with Crippen LogP contribution in [-0.2, 0) is 20.4 Å². The van der Waals surface area contributed by atoms with Crippen molar-refractivity contribution in [3.63, 3.8) is 0 Å². The predicted molar refractivity (Wildman–Crippen MR) is 183 cm³/mol. The van der Waals surface area contributed by atoms with Gasteiger partial charge in [0.2, 0.25) is 11.7 Å². The molecule has 0 bridgehead atoms. The maximum absolute atomic E-state index is 13.1. The third-order valence-electron chi connectivity index (χ3n) is 9.23. The van der Waals surface area contributed by atoms with Gasteiger partial charge in [-0.1, -0.05) is 24.3 Å². The van der Waals surface area contributed by atoms with Crippen molar-refractivity contribution >= 4 is 38.6 Å². The van der Waals surface area contributed by atoms with Crippen molar-refractivity contribution in [3.8, 4) is 0 Å². The standard InChI is InChI=1S/C33H45N9O3S/c1-23(2)46(44,45)29-10-5-4-9-27(29)37-32-31-28(11-14-35-31)38-33(34,39-32)24-7-6-8-25(21-24)36-30(43)22-41-15-12-26(13-16-41)42-19-17-40(3)18-20-42/h4-11,14,21,23,26,35,38H,12-13,15-20,22,34H2,1-3H3,(H,36,43)(H,37,39). The van der Waals surface area contributed by atoms with Crippen molar-refractivity contribution in [2.75, 3.05) is 68.8 Å². The number of sulfone groups is 1. The van der Waals surface area contributed by atoms with E-state index in [2.05, 4.69) is 42.7 Å². The molecular formula is C33H45N9O3S. The number of H-pyrrole nitrogens is 1. The molecule has 1 amide bonds. The Balaban J connectivity index is 1.15. The van der Waals surface area contributed by atoms with Crippen molar-refractivity contribution < 1.29 is 13.2 Å². The molecule has 2 fully saturated rings. The van der Waals surface area contributed by atoms with E-state index in [1.807, 2.05) is 30.3 Å². The lowest BCUT2D eigenvalue weighted by atomic mass is 10.0. The minimum absolute atomic E-state index is 0.0698. The van der Waals surface area contributed by atoms with Gasteiger partial charge in [-0.2, -0.15) is 0 Å². The van der Waals surface area contributed by atoms with Gasteiger partial charge in [-0.3, -0.25) is 20.3 Å². The van der Waals surface area contributed by atoms with Gasteiger partial charge in [-0.15, -0.1) is 0 Å². The number of aromatic amines is 1. The maximum atomic E-state index is 13.1. The summed E-state index contributed by atoms with van der Waals surface area (Å²) in [5.41, 5.74) is 9.93. The smallest absolute Gasteiger partial charge is 0.238 e. The molecule has 13 heteroatoms.